The van der Waals surface area contributed by atoms with Crippen molar-refractivity contribution in [2.24, 2.45) is 5.92 Å². The molecule has 3 rings (SSSR count). The van der Waals surface area contributed by atoms with Crippen molar-refractivity contribution in [3.8, 4) is 0 Å². The summed E-state index contributed by atoms with van der Waals surface area (Å²) in [7, 11) is -3.83. The van der Waals surface area contributed by atoms with Crippen molar-refractivity contribution in [2.75, 3.05) is 25.4 Å². The normalized spacial score (nSPS) is 16.6. The third-order valence-corrected chi connectivity index (χ3v) is 9.36. The zero-order chi connectivity index (χ0) is 32.5. The summed E-state index contributed by atoms with van der Waals surface area (Å²) in [5.74, 6) is -0.0274. The van der Waals surface area contributed by atoms with Crippen LogP contribution in [-0.4, -0.2) is 60.5 Å². The number of benzene rings is 1. The Labute approximate surface area is 269 Å². The van der Waals surface area contributed by atoms with E-state index in [0.717, 1.165) is 24.1 Å². The number of sulfonamides is 1. The average molecular weight is 636 g/mol. The van der Waals surface area contributed by atoms with E-state index in [-0.39, 0.29) is 29.9 Å². The summed E-state index contributed by atoms with van der Waals surface area (Å²) < 4.78 is 28.5. The van der Waals surface area contributed by atoms with Crippen molar-refractivity contribution in [3.63, 3.8) is 0 Å². The van der Waals surface area contributed by atoms with Crippen LogP contribution in [-0.2, 0) is 21.4 Å². The number of aromatic nitrogens is 1. The van der Waals surface area contributed by atoms with Gasteiger partial charge in [-0.2, -0.15) is 4.31 Å². The lowest BCUT2D eigenvalue weighted by molar-refractivity contribution is -0.123. The minimum atomic E-state index is -3.83. The number of anilines is 1. The molecular formula is C35H49N5O4S. The molecule has 1 heterocycles. The predicted octanol–water partition coefficient (Wildman–Crippen LogP) is 4.90. The van der Waals surface area contributed by atoms with Gasteiger partial charge in [0.05, 0.1) is 23.2 Å². The van der Waals surface area contributed by atoms with E-state index in [1.165, 1.54) is 16.4 Å². The van der Waals surface area contributed by atoms with Crippen LogP contribution < -0.4 is 16.4 Å². The van der Waals surface area contributed by atoms with Crippen LogP contribution in [0.1, 0.15) is 58.1 Å². The summed E-state index contributed by atoms with van der Waals surface area (Å²) in [6.45, 7) is 4.80. The van der Waals surface area contributed by atoms with Gasteiger partial charge in [0.25, 0.3) is 0 Å². The van der Waals surface area contributed by atoms with Crippen molar-refractivity contribution in [2.45, 2.75) is 75.9 Å². The maximum atomic E-state index is 13.5. The maximum Gasteiger partial charge on any atom is 0.243 e. The zero-order valence-corrected chi connectivity index (χ0v) is 27.3. The van der Waals surface area contributed by atoms with Crippen LogP contribution in [0.3, 0.4) is 0 Å². The Hall–Kier alpha value is -3.57. The third kappa shape index (κ3) is 12.4. The summed E-state index contributed by atoms with van der Waals surface area (Å²) in [5, 5.41) is 16.7. The molecule has 2 atom stereocenters. The predicted molar refractivity (Wildman–Crippen MR) is 182 cm³/mol. The van der Waals surface area contributed by atoms with Crippen LogP contribution in [0.4, 0.5) is 5.69 Å². The van der Waals surface area contributed by atoms with E-state index in [2.05, 4.69) is 46.0 Å². The van der Waals surface area contributed by atoms with Gasteiger partial charge in [0.1, 0.15) is 0 Å². The lowest BCUT2D eigenvalue weighted by Gasteiger charge is -2.31. The van der Waals surface area contributed by atoms with Crippen LogP contribution >= 0.6 is 0 Å². The highest BCUT2D eigenvalue weighted by Gasteiger charge is 2.31. The second kappa shape index (κ2) is 19.1. The number of unbranched alkanes of at least 4 members (excludes halogenated alkanes) is 1. The molecule has 1 aliphatic carbocycles. The Balaban J connectivity index is 1.60. The number of nitrogens with one attached hydrogen (secondary N) is 2. The molecule has 0 saturated heterocycles. The number of hydrogen-bond donors (Lipinski definition) is 4. The highest BCUT2D eigenvalue weighted by atomic mass is 32.2. The van der Waals surface area contributed by atoms with Crippen molar-refractivity contribution in [1.29, 1.82) is 0 Å². The first-order valence-corrected chi connectivity index (χ1v) is 17.2. The number of pyridine rings is 1. The molecule has 9 nitrogen and oxygen atoms in total. The fraction of sp³-hybridized carbons (Fsp3) is 0.429. The SMILES string of the molecule is CC(C)CN([C@H](CO)CCCCNC(=O)[C@H](CC1=CC/C=C\C=C/CC=C1)NCc1ccccn1)S(=O)(=O)c1ccc(N)cc1. The molecule has 0 spiro atoms. The number of nitrogen functional groups attached to an aromatic ring is 1. The number of nitrogens with two attached hydrogens (primary N) is 1. The van der Waals surface area contributed by atoms with Crippen LogP contribution in [0.2, 0.25) is 0 Å². The fourth-order valence-electron chi connectivity index (χ4n) is 5.02. The molecule has 0 fully saturated rings. The van der Waals surface area contributed by atoms with Crippen molar-refractivity contribution >= 4 is 21.6 Å². The quantitative estimate of drug-likeness (QED) is 0.143. The lowest BCUT2D eigenvalue weighted by atomic mass is 10.0. The van der Waals surface area contributed by atoms with E-state index in [1.807, 2.05) is 44.2 Å². The van der Waals surface area contributed by atoms with E-state index in [4.69, 9.17) is 5.73 Å². The molecular weight excluding hydrogens is 586 g/mol. The van der Waals surface area contributed by atoms with Gasteiger partial charge in [-0.3, -0.25) is 15.1 Å². The zero-order valence-electron chi connectivity index (χ0n) is 26.5. The number of rotatable bonds is 17. The topological polar surface area (TPSA) is 138 Å². The van der Waals surface area contributed by atoms with Gasteiger partial charge in [0.15, 0.2) is 0 Å². The van der Waals surface area contributed by atoms with Crippen LogP contribution in [0.15, 0.2) is 102 Å². The van der Waals surface area contributed by atoms with Gasteiger partial charge in [-0.1, -0.05) is 68.9 Å². The Bertz CT molecular complexity index is 1400. The number of nitrogens with zero attached hydrogens (tertiary/aromatic N) is 2. The number of aliphatic hydroxyl groups is 1. The number of hydrogen-bond acceptors (Lipinski definition) is 7. The van der Waals surface area contributed by atoms with Gasteiger partial charge in [0, 0.05) is 37.6 Å². The third-order valence-electron chi connectivity index (χ3n) is 7.43. The summed E-state index contributed by atoms with van der Waals surface area (Å²) >= 11 is 0. The Kier molecular flexibility index (Phi) is 15.2. The molecule has 0 aliphatic heterocycles. The Morgan fingerprint density at radius 1 is 1.04 bits per heavy atom. The minimum absolute atomic E-state index is 0.0709. The van der Waals surface area contributed by atoms with Crippen LogP contribution in [0.25, 0.3) is 0 Å². The summed E-state index contributed by atoms with van der Waals surface area (Å²) in [6, 6.07) is 10.8. The summed E-state index contributed by atoms with van der Waals surface area (Å²) in [6.07, 6.45) is 20.2. The molecule has 0 bridgehead atoms. The molecule has 0 saturated carbocycles. The molecule has 0 radical (unpaired) electrons. The lowest BCUT2D eigenvalue weighted by Crippen LogP contribution is -2.45. The molecule has 244 valence electrons. The van der Waals surface area contributed by atoms with Crippen LogP contribution in [0, 0.1) is 5.92 Å². The second-order valence-corrected chi connectivity index (χ2v) is 13.5. The molecule has 0 unspecified atom stereocenters. The molecule has 1 aromatic heterocycles. The largest absolute Gasteiger partial charge is 0.399 e. The Morgan fingerprint density at radius 2 is 1.80 bits per heavy atom. The van der Waals surface area contributed by atoms with Gasteiger partial charge >= 0.3 is 0 Å². The number of carbonyl (C=O) groups is 1. The first-order chi connectivity index (χ1) is 21.7. The van der Waals surface area contributed by atoms with Crippen molar-refractivity contribution < 1.29 is 18.3 Å². The molecule has 5 N–H and O–H groups in total. The maximum absolute atomic E-state index is 13.5. The van der Waals surface area contributed by atoms with E-state index in [9.17, 15) is 18.3 Å². The Morgan fingerprint density at radius 3 is 2.49 bits per heavy atom. The highest BCUT2D eigenvalue weighted by Crippen LogP contribution is 2.23. The van der Waals surface area contributed by atoms with Crippen molar-refractivity contribution in [3.05, 3.63) is 102 Å². The first kappa shape index (κ1) is 35.9. The van der Waals surface area contributed by atoms with Gasteiger partial charge in [-0.25, -0.2) is 8.42 Å². The van der Waals surface area contributed by atoms with Gasteiger partial charge in [0.2, 0.25) is 15.9 Å². The molecule has 1 amide bonds. The fourth-order valence-corrected chi connectivity index (χ4v) is 6.83. The van der Waals surface area contributed by atoms with Crippen LogP contribution in [0.5, 0.6) is 0 Å². The van der Waals surface area contributed by atoms with E-state index in [1.54, 1.807) is 18.3 Å². The standard InChI is InChI=1S/C35H49N5O4S/c1-28(2)26-40(45(43,44)33-20-18-30(36)19-21-33)32(27-41)17-11-13-23-38-35(42)34(39-25-31-16-10-12-22-37-31)24-29-14-8-6-4-3-5-7-9-15-29/h3-6,9-10,12,14-16,18-22,28,32,34,39,41H,7-8,11,13,17,23-27,36H2,1-2H3,(H,38,42)/b5-3-,6-4-,15-9?,29-14?/t32-,34-/m0/s1. The minimum Gasteiger partial charge on any atom is -0.399 e. The first-order valence-electron chi connectivity index (χ1n) is 15.8. The van der Waals surface area contributed by atoms with Gasteiger partial charge in [-0.05, 0) is 80.0 Å². The van der Waals surface area contributed by atoms with E-state index >= 15 is 0 Å². The molecule has 10 heteroatoms. The monoisotopic (exact) mass is 635 g/mol. The molecule has 1 aromatic carbocycles. The smallest absolute Gasteiger partial charge is 0.243 e. The number of allylic oxidation sites excluding steroid dienone is 7. The summed E-state index contributed by atoms with van der Waals surface area (Å²) in [4.78, 5) is 17.9. The van der Waals surface area contributed by atoms with Gasteiger partial charge in [-0.15, -0.1) is 0 Å². The van der Waals surface area contributed by atoms with Crippen molar-refractivity contribution in [1.82, 2.24) is 19.9 Å². The molecule has 45 heavy (non-hydrogen) atoms. The molecule has 2 aromatic rings. The van der Waals surface area contributed by atoms with E-state index in [0.29, 0.717) is 44.5 Å². The highest BCUT2D eigenvalue weighted by molar-refractivity contribution is 7.89. The van der Waals surface area contributed by atoms with E-state index < -0.39 is 22.1 Å². The summed E-state index contributed by atoms with van der Waals surface area (Å²) in [5.41, 5.74) is 8.19. The number of carbonyl (C=O) groups excluding carboxylic acids is 1. The number of amides is 1. The second-order valence-electron chi connectivity index (χ2n) is 11.6. The molecule has 1 aliphatic rings. The van der Waals surface area contributed by atoms with Gasteiger partial charge < -0.3 is 16.2 Å². The average Bonchev–Trinajstić information content (AvgIpc) is 3.03. The number of aliphatic hydroxyl groups excluding tert-OH is 1.